The third-order valence-corrected chi connectivity index (χ3v) is 6.45. The second-order valence-electron chi connectivity index (χ2n) is 6.70. The Morgan fingerprint density at radius 3 is 2.42 bits per heavy atom. The summed E-state index contributed by atoms with van der Waals surface area (Å²) in [4.78, 5) is 28.0. The van der Waals surface area contributed by atoms with Gasteiger partial charge >= 0.3 is 5.24 Å². The van der Waals surface area contributed by atoms with E-state index in [1.807, 2.05) is 0 Å². The molecule has 2 amide bonds. The maximum atomic E-state index is 13.1. The Morgan fingerprint density at radius 1 is 1.19 bits per heavy atom. The van der Waals surface area contributed by atoms with Crippen molar-refractivity contribution in [1.82, 2.24) is 15.1 Å². The van der Waals surface area contributed by atoms with Crippen LogP contribution >= 0.6 is 0 Å². The molecule has 2 aliphatic rings. The molecule has 3 rings (SSSR count). The van der Waals surface area contributed by atoms with Crippen LogP contribution in [0, 0.1) is 12.7 Å². The number of rotatable bonds is 4. The Morgan fingerprint density at radius 2 is 1.85 bits per heavy atom. The largest absolute Gasteiger partial charge is 0.341 e. The maximum absolute atomic E-state index is 13.1. The van der Waals surface area contributed by atoms with Crippen LogP contribution in [0.25, 0.3) is 0 Å². The smallest absolute Gasteiger partial charge is 0.339 e. The molecule has 1 aliphatic carbocycles. The molecule has 26 heavy (non-hydrogen) atoms. The van der Waals surface area contributed by atoms with Crippen molar-refractivity contribution in [3.63, 3.8) is 0 Å². The minimum atomic E-state index is -4.32. The molecular weight excluding hydrogens is 361 g/mol. The summed E-state index contributed by atoms with van der Waals surface area (Å²) in [6, 6.07) is 3.73. The molecule has 9 heteroatoms. The normalized spacial score (nSPS) is 18.6. The van der Waals surface area contributed by atoms with Gasteiger partial charge in [-0.3, -0.25) is 14.5 Å². The predicted molar refractivity (Wildman–Crippen MR) is 92.9 cm³/mol. The van der Waals surface area contributed by atoms with Crippen molar-refractivity contribution < 1.29 is 22.4 Å². The number of sulfone groups is 1. The third kappa shape index (κ3) is 4.04. The first kappa shape index (κ1) is 18.8. The first-order chi connectivity index (χ1) is 12.3. The molecule has 1 aromatic carbocycles. The lowest BCUT2D eigenvalue weighted by Gasteiger charge is -2.34. The standard InChI is InChI=1S/C17H22FN3O4S/c1-12-10-13(18)2-5-15(12)26(24,25)17(23)19-11-16(22)21-8-6-20(7-9-21)14-3-4-14/h2,5,10,14H,3-4,6-9,11H2,1H3,(H,19,23). The quantitative estimate of drug-likeness (QED) is 0.782. The number of hydrogen-bond donors (Lipinski definition) is 1. The molecule has 0 aromatic heterocycles. The van der Waals surface area contributed by atoms with Gasteiger partial charge in [0.15, 0.2) is 0 Å². The predicted octanol–water partition coefficient (Wildman–Crippen LogP) is 0.924. The van der Waals surface area contributed by atoms with Gasteiger partial charge < -0.3 is 10.2 Å². The second-order valence-corrected chi connectivity index (χ2v) is 8.52. The van der Waals surface area contributed by atoms with E-state index in [9.17, 15) is 22.4 Å². The molecule has 0 spiro atoms. The summed E-state index contributed by atoms with van der Waals surface area (Å²) in [5, 5.41) is 0.929. The van der Waals surface area contributed by atoms with Crippen molar-refractivity contribution in [2.24, 2.45) is 0 Å². The molecule has 1 N–H and O–H groups in total. The Hall–Kier alpha value is -2.00. The zero-order chi connectivity index (χ0) is 18.9. The molecule has 1 aliphatic heterocycles. The van der Waals surface area contributed by atoms with Crippen LogP contribution in [0.3, 0.4) is 0 Å². The maximum Gasteiger partial charge on any atom is 0.341 e. The fraction of sp³-hybridized carbons (Fsp3) is 0.529. The average molecular weight is 383 g/mol. The first-order valence-electron chi connectivity index (χ1n) is 8.60. The molecule has 0 radical (unpaired) electrons. The number of amides is 2. The van der Waals surface area contributed by atoms with Crippen molar-refractivity contribution in [2.45, 2.75) is 30.7 Å². The highest BCUT2D eigenvalue weighted by Gasteiger charge is 2.33. The molecule has 1 saturated heterocycles. The number of aryl methyl sites for hydroxylation is 1. The van der Waals surface area contributed by atoms with Crippen LogP contribution in [0.4, 0.5) is 9.18 Å². The summed E-state index contributed by atoms with van der Waals surface area (Å²) in [6.45, 7) is 3.80. The molecule has 0 unspecified atom stereocenters. The van der Waals surface area contributed by atoms with Crippen LogP contribution in [-0.4, -0.2) is 68.1 Å². The SMILES string of the molecule is Cc1cc(F)ccc1S(=O)(=O)C(=O)NCC(=O)N1CCN(C2CC2)CC1. The lowest BCUT2D eigenvalue weighted by atomic mass is 10.2. The highest BCUT2D eigenvalue weighted by molar-refractivity contribution is 8.06. The molecular formula is C17H22FN3O4S. The van der Waals surface area contributed by atoms with Crippen LogP contribution in [0.1, 0.15) is 18.4 Å². The van der Waals surface area contributed by atoms with Crippen molar-refractivity contribution in [3.8, 4) is 0 Å². The Balaban J connectivity index is 1.55. The molecule has 1 aromatic rings. The van der Waals surface area contributed by atoms with E-state index >= 15 is 0 Å². The van der Waals surface area contributed by atoms with Crippen LogP contribution in [0.2, 0.25) is 0 Å². The molecule has 0 atom stereocenters. The van der Waals surface area contributed by atoms with E-state index < -0.39 is 20.9 Å². The van der Waals surface area contributed by atoms with Crippen molar-refractivity contribution in [3.05, 3.63) is 29.6 Å². The van der Waals surface area contributed by atoms with Gasteiger partial charge in [0, 0.05) is 32.2 Å². The molecule has 2 fully saturated rings. The van der Waals surface area contributed by atoms with Gasteiger partial charge in [0.25, 0.3) is 9.84 Å². The summed E-state index contributed by atoms with van der Waals surface area (Å²) >= 11 is 0. The van der Waals surface area contributed by atoms with E-state index in [0.717, 1.165) is 31.3 Å². The van der Waals surface area contributed by atoms with Gasteiger partial charge in [-0.15, -0.1) is 0 Å². The highest BCUT2D eigenvalue weighted by atomic mass is 32.2. The molecule has 1 saturated carbocycles. The minimum Gasteiger partial charge on any atom is -0.339 e. The number of nitrogens with zero attached hydrogens (tertiary/aromatic N) is 2. The number of hydrogen-bond acceptors (Lipinski definition) is 5. The number of benzene rings is 1. The highest BCUT2D eigenvalue weighted by Crippen LogP contribution is 2.27. The molecule has 0 bridgehead atoms. The van der Waals surface area contributed by atoms with E-state index in [-0.39, 0.29) is 22.9 Å². The number of halogens is 1. The number of carbonyl (C=O) groups is 2. The van der Waals surface area contributed by atoms with E-state index in [0.29, 0.717) is 19.1 Å². The van der Waals surface area contributed by atoms with Crippen molar-refractivity contribution in [1.29, 1.82) is 0 Å². The summed E-state index contributed by atoms with van der Waals surface area (Å²) in [6.07, 6.45) is 2.43. The van der Waals surface area contributed by atoms with Gasteiger partial charge in [-0.25, -0.2) is 12.8 Å². The fourth-order valence-electron chi connectivity index (χ4n) is 3.14. The topological polar surface area (TPSA) is 86.8 Å². The minimum absolute atomic E-state index is 0.141. The fourth-order valence-corrected chi connectivity index (χ4v) is 4.34. The monoisotopic (exact) mass is 383 g/mol. The number of piperazine rings is 1. The summed E-state index contributed by atoms with van der Waals surface area (Å²) in [7, 11) is -4.32. The average Bonchev–Trinajstić information content (AvgIpc) is 3.44. The van der Waals surface area contributed by atoms with E-state index in [2.05, 4.69) is 10.2 Å². The van der Waals surface area contributed by atoms with Crippen LogP contribution in [0.5, 0.6) is 0 Å². The van der Waals surface area contributed by atoms with Gasteiger partial charge in [-0.1, -0.05) is 0 Å². The lowest BCUT2D eigenvalue weighted by Crippen LogP contribution is -2.51. The van der Waals surface area contributed by atoms with E-state index in [4.69, 9.17) is 0 Å². The van der Waals surface area contributed by atoms with E-state index in [1.54, 1.807) is 4.90 Å². The Bertz CT molecular complexity index is 815. The van der Waals surface area contributed by atoms with Crippen LogP contribution in [-0.2, 0) is 14.6 Å². The molecule has 7 nitrogen and oxygen atoms in total. The number of carbonyl (C=O) groups excluding carboxylic acids is 2. The van der Waals surface area contributed by atoms with E-state index in [1.165, 1.54) is 19.8 Å². The van der Waals surface area contributed by atoms with Gasteiger partial charge in [-0.05, 0) is 43.5 Å². The van der Waals surface area contributed by atoms with Gasteiger partial charge in [0.2, 0.25) is 5.91 Å². The first-order valence-corrected chi connectivity index (χ1v) is 10.1. The van der Waals surface area contributed by atoms with Crippen molar-refractivity contribution >= 4 is 21.0 Å². The zero-order valence-corrected chi connectivity index (χ0v) is 15.4. The second kappa shape index (κ2) is 7.32. The lowest BCUT2D eigenvalue weighted by molar-refractivity contribution is -0.131. The third-order valence-electron chi connectivity index (χ3n) is 4.78. The van der Waals surface area contributed by atoms with Crippen LogP contribution in [0.15, 0.2) is 23.1 Å². The Labute approximate surface area is 152 Å². The van der Waals surface area contributed by atoms with Gasteiger partial charge in [0.05, 0.1) is 11.4 Å². The summed E-state index contributed by atoms with van der Waals surface area (Å²) < 4.78 is 37.8. The molecule has 1 heterocycles. The zero-order valence-electron chi connectivity index (χ0n) is 14.6. The summed E-state index contributed by atoms with van der Waals surface area (Å²) in [5.74, 6) is -0.887. The Kier molecular flexibility index (Phi) is 5.29. The number of nitrogens with one attached hydrogen (secondary N) is 1. The van der Waals surface area contributed by atoms with Crippen molar-refractivity contribution in [2.75, 3.05) is 32.7 Å². The van der Waals surface area contributed by atoms with Gasteiger partial charge in [-0.2, -0.15) is 0 Å². The molecule has 142 valence electrons. The van der Waals surface area contributed by atoms with Crippen LogP contribution < -0.4 is 5.32 Å². The van der Waals surface area contributed by atoms with Gasteiger partial charge in [0.1, 0.15) is 5.82 Å². The summed E-state index contributed by atoms with van der Waals surface area (Å²) in [5.41, 5.74) is 0.141.